The molecule has 2 N–H and O–H groups in total. The summed E-state index contributed by atoms with van der Waals surface area (Å²) in [6, 6.07) is 19.1. The number of amides is 1. The molecule has 3 rings (SSSR count). The van der Waals surface area contributed by atoms with Crippen LogP contribution in [0.3, 0.4) is 0 Å². The highest BCUT2D eigenvalue weighted by molar-refractivity contribution is 5.91. The van der Waals surface area contributed by atoms with Crippen molar-refractivity contribution in [1.82, 2.24) is 5.32 Å². The van der Waals surface area contributed by atoms with Crippen LogP contribution in [0, 0.1) is 0 Å². The standard InChI is InChI=1S/C20H24O5.C8H9NO3/c1-5-14(15-9-7-6-8-10-15)13-25-20(21)16-11-17(22-2)19(24-4)18(12-16)23-3;1-9-8(11)12-7-4-2-6(10)3-5-7/h6-12,14H,5,13H2,1-4H3;2-5,10H,1H3,(H,9,11). The molecule has 0 spiro atoms. The number of carbonyl (C=O) groups is 2. The lowest BCUT2D eigenvalue weighted by Crippen LogP contribution is -2.21. The third kappa shape index (κ3) is 8.64. The Bertz CT molecular complexity index is 1110. The van der Waals surface area contributed by atoms with Crippen LogP contribution in [0.4, 0.5) is 4.79 Å². The van der Waals surface area contributed by atoms with Crippen molar-refractivity contribution in [1.29, 1.82) is 0 Å². The van der Waals surface area contributed by atoms with Crippen LogP contribution >= 0.6 is 0 Å². The summed E-state index contributed by atoms with van der Waals surface area (Å²) in [5.41, 5.74) is 1.51. The smallest absolute Gasteiger partial charge is 0.412 e. The van der Waals surface area contributed by atoms with Crippen LogP contribution in [-0.4, -0.2) is 52.2 Å². The predicted molar refractivity (Wildman–Crippen MR) is 139 cm³/mol. The first-order valence-corrected chi connectivity index (χ1v) is 11.6. The van der Waals surface area contributed by atoms with Gasteiger partial charge in [-0.3, -0.25) is 0 Å². The Balaban J connectivity index is 0.000000335. The molecular formula is C28H33NO8. The molecule has 37 heavy (non-hydrogen) atoms. The second-order valence-electron chi connectivity index (χ2n) is 7.66. The SMILES string of the molecule is CCC(COC(=O)c1cc(OC)c(OC)c(OC)c1)c1ccccc1.CNC(=O)Oc1ccc(O)cc1. The fraction of sp³-hybridized carbons (Fsp3) is 0.286. The summed E-state index contributed by atoms with van der Waals surface area (Å²) in [5.74, 6) is 1.55. The van der Waals surface area contributed by atoms with Gasteiger partial charge < -0.3 is 34.1 Å². The van der Waals surface area contributed by atoms with E-state index in [2.05, 4.69) is 12.2 Å². The molecule has 0 aliphatic carbocycles. The van der Waals surface area contributed by atoms with Crippen molar-refractivity contribution in [2.45, 2.75) is 19.3 Å². The van der Waals surface area contributed by atoms with Gasteiger partial charge in [-0.05, 0) is 48.4 Å². The van der Waals surface area contributed by atoms with E-state index in [1.54, 1.807) is 12.1 Å². The molecule has 0 aromatic heterocycles. The molecule has 1 amide bonds. The molecule has 3 aromatic carbocycles. The molecule has 0 aliphatic rings. The number of phenols is 1. The first-order valence-electron chi connectivity index (χ1n) is 11.6. The molecular weight excluding hydrogens is 478 g/mol. The van der Waals surface area contributed by atoms with E-state index in [1.807, 2.05) is 30.3 Å². The number of aromatic hydroxyl groups is 1. The van der Waals surface area contributed by atoms with Gasteiger partial charge in [-0.1, -0.05) is 37.3 Å². The summed E-state index contributed by atoms with van der Waals surface area (Å²) in [6.07, 6.45) is 0.354. The molecule has 0 saturated carbocycles. The van der Waals surface area contributed by atoms with Gasteiger partial charge in [-0.2, -0.15) is 0 Å². The molecule has 1 atom stereocenters. The third-order valence-corrected chi connectivity index (χ3v) is 5.33. The van der Waals surface area contributed by atoms with E-state index in [1.165, 1.54) is 52.6 Å². The molecule has 0 saturated heterocycles. The average molecular weight is 512 g/mol. The van der Waals surface area contributed by atoms with E-state index in [4.69, 9.17) is 28.8 Å². The van der Waals surface area contributed by atoms with Gasteiger partial charge in [0.25, 0.3) is 0 Å². The Morgan fingerprint density at radius 2 is 1.49 bits per heavy atom. The maximum atomic E-state index is 12.5. The summed E-state index contributed by atoms with van der Waals surface area (Å²) in [6.45, 7) is 2.39. The molecule has 0 fully saturated rings. The fourth-order valence-corrected chi connectivity index (χ4v) is 3.31. The van der Waals surface area contributed by atoms with E-state index < -0.39 is 12.1 Å². The number of phenolic OH excluding ortho intramolecular Hbond substituents is 1. The summed E-state index contributed by atoms with van der Waals surface area (Å²) in [7, 11) is 6.01. The molecule has 3 aromatic rings. The van der Waals surface area contributed by atoms with Crippen LogP contribution in [-0.2, 0) is 4.74 Å². The number of hydrogen-bond donors (Lipinski definition) is 2. The van der Waals surface area contributed by atoms with Crippen LogP contribution < -0.4 is 24.3 Å². The zero-order valence-corrected chi connectivity index (χ0v) is 21.6. The molecule has 0 radical (unpaired) electrons. The fourth-order valence-electron chi connectivity index (χ4n) is 3.31. The Morgan fingerprint density at radius 3 is 1.97 bits per heavy atom. The number of esters is 1. The van der Waals surface area contributed by atoms with Crippen molar-refractivity contribution >= 4 is 12.1 Å². The van der Waals surface area contributed by atoms with Gasteiger partial charge >= 0.3 is 12.1 Å². The number of methoxy groups -OCH3 is 3. The topological polar surface area (TPSA) is 113 Å². The molecule has 1 unspecified atom stereocenters. The Kier molecular flexibility index (Phi) is 11.6. The molecule has 0 aliphatic heterocycles. The van der Waals surface area contributed by atoms with Gasteiger partial charge in [-0.25, -0.2) is 9.59 Å². The van der Waals surface area contributed by atoms with Crippen LogP contribution in [0.15, 0.2) is 66.7 Å². The van der Waals surface area contributed by atoms with Crippen LogP contribution in [0.5, 0.6) is 28.7 Å². The lowest BCUT2D eigenvalue weighted by Gasteiger charge is -2.17. The second kappa shape index (κ2) is 14.9. The molecule has 0 bridgehead atoms. The van der Waals surface area contributed by atoms with Crippen LogP contribution in [0.2, 0.25) is 0 Å². The highest BCUT2D eigenvalue weighted by Crippen LogP contribution is 2.38. The van der Waals surface area contributed by atoms with Gasteiger partial charge in [0.2, 0.25) is 5.75 Å². The van der Waals surface area contributed by atoms with Crippen LogP contribution in [0.1, 0.15) is 35.2 Å². The number of nitrogens with one attached hydrogen (secondary N) is 1. The summed E-state index contributed by atoms with van der Waals surface area (Å²) in [5, 5.41) is 11.2. The van der Waals surface area contributed by atoms with Crippen LogP contribution in [0.25, 0.3) is 0 Å². The maximum Gasteiger partial charge on any atom is 0.412 e. The molecule has 9 heteroatoms. The molecule has 9 nitrogen and oxygen atoms in total. The van der Waals surface area contributed by atoms with E-state index in [0.29, 0.717) is 35.2 Å². The van der Waals surface area contributed by atoms with Crippen molar-refractivity contribution < 1.29 is 38.4 Å². The quantitative estimate of drug-likeness (QED) is 0.378. The van der Waals surface area contributed by atoms with Gasteiger partial charge in [0.05, 0.1) is 33.5 Å². The number of carbonyl (C=O) groups excluding carboxylic acids is 2. The van der Waals surface area contributed by atoms with Crippen molar-refractivity contribution in [2.75, 3.05) is 35.0 Å². The maximum absolute atomic E-state index is 12.5. The molecule has 0 heterocycles. The van der Waals surface area contributed by atoms with E-state index in [0.717, 1.165) is 12.0 Å². The largest absolute Gasteiger partial charge is 0.508 e. The lowest BCUT2D eigenvalue weighted by molar-refractivity contribution is 0.0476. The Labute approximate surface area is 216 Å². The predicted octanol–water partition coefficient (Wildman–Crippen LogP) is 5.17. The minimum Gasteiger partial charge on any atom is -0.508 e. The minimum atomic E-state index is -0.527. The van der Waals surface area contributed by atoms with Crippen molar-refractivity contribution in [3.05, 3.63) is 77.9 Å². The van der Waals surface area contributed by atoms with E-state index >= 15 is 0 Å². The lowest BCUT2D eigenvalue weighted by atomic mass is 9.97. The highest BCUT2D eigenvalue weighted by atomic mass is 16.6. The van der Waals surface area contributed by atoms with Gasteiger partial charge in [0.15, 0.2) is 11.5 Å². The third-order valence-electron chi connectivity index (χ3n) is 5.33. The molecule has 198 valence electrons. The zero-order valence-electron chi connectivity index (χ0n) is 21.6. The number of ether oxygens (including phenoxy) is 5. The van der Waals surface area contributed by atoms with Gasteiger partial charge in [-0.15, -0.1) is 0 Å². The Morgan fingerprint density at radius 1 is 0.892 bits per heavy atom. The van der Waals surface area contributed by atoms with E-state index in [9.17, 15) is 9.59 Å². The van der Waals surface area contributed by atoms with Crippen molar-refractivity contribution in [2.24, 2.45) is 0 Å². The summed E-state index contributed by atoms with van der Waals surface area (Å²) in [4.78, 5) is 23.1. The average Bonchev–Trinajstić information content (AvgIpc) is 2.94. The Hall–Kier alpha value is -4.40. The zero-order chi connectivity index (χ0) is 27.2. The summed E-state index contributed by atoms with van der Waals surface area (Å²) >= 11 is 0. The number of hydrogen-bond acceptors (Lipinski definition) is 8. The first kappa shape index (κ1) is 28.8. The monoisotopic (exact) mass is 511 g/mol. The van der Waals surface area contributed by atoms with Crippen molar-refractivity contribution in [3.63, 3.8) is 0 Å². The van der Waals surface area contributed by atoms with Gasteiger partial charge in [0.1, 0.15) is 11.5 Å². The minimum absolute atomic E-state index is 0.138. The number of benzene rings is 3. The number of rotatable bonds is 9. The highest BCUT2D eigenvalue weighted by Gasteiger charge is 2.19. The van der Waals surface area contributed by atoms with Gasteiger partial charge in [0, 0.05) is 13.0 Å². The summed E-state index contributed by atoms with van der Waals surface area (Å²) < 4.78 is 26.1. The van der Waals surface area contributed by atoms with E-state index in [-0.39, 0.29) is 11.7 Å². The second-order valence-corrected chi connectivity index (χ2v) is 7.66. The first-order chi connectivity index (χ1) is 17.9. The van der Waals surface area contributed by atoms with Crippen molar-refractivity contribution in [3.8, 4) is 28.7 Å². The normalized spacial score (nSPS) is 10.7.